The van der Waals surface area contributed by atoms with Gasteiger partial charge in [0.15, 0.2) is 12.2 Å². The van der Waals surface area contributed by atoms with Crippen LogP contribution in [0.4, 0.5) is 0 Å². The molecule has 554 valence electrons. The van der Waals surface area contributed by atoms with Gasteiger partial charge in [-0.2, -0.15) is 0 Å². The summed E-state index contributed by atoms with van der Waals surface area (Å²) < 4.78 is 68.4. The summed E-state index contributed by atoms with van der Waals surface area (Å²) in [6.07, 6.45) is 53.6. The summed E-state index contributed by atoms with van der Waals surface area (Å²) in [6.45, 7) is 11.8. The lowest BCUT2D eigenvalue weighted by Gasteiger charge is -2.21. The summed E-state index contributed by atoms with van der Waals surface area (Å²) in [7, 11) is -9.92. The predicted molar refractivity (Wildman–Crippen MR) is 381 cm³/mol. The third-order valence-corrected chi connectivity index (χ3v) is 19.0. The van der Waals surface area contributed by atoms with E-state index in [2.05, 4.69) is 72.8 Å². The molecule has 0 fully saturated rings. The monoisotopic (exact) mass is 1380 g/mol. The number of esters is 4. The summed E-state index contributed by atoms with van der Waals surface area (Å²) in [5.74, 6) is 0.110. The Kier molecular flexibility index (Phi) is 63.5. The first kappa shape index (κ1) is 91.5. The first-order valence-electron chi connectivity index (χ1n) is 38.2. The zero-order chi connectivity index (χ0) is 69.4. The molecule has 19 heteroatoms. The van der Waals surface area contributed by atoms with E-state index >= 15 is 0 Å². The van der Waals surface area contributed by atoms with E-state index in [9.17, 15) is 43.2 Å². The van der Waals surface area contributed by atoms with Crippen LogP contribution in [0.15, 0.2) is 24.3 Å². The molecule has 0 aromatic carbocycles. The molecule has 0 rings (SSSR count). The molecule has 0 aliphatic carbocycles. The highest BCUT2D eigenvalue weighted by molar-refractivity contribution is 7.47. The molecule has 0 saturated heterocycles. The Hall–Kier alpha value is -2.46. The van der Waals surface area contributed by atoms with E-state index in [1.165, 1.54) is 141 Å². The lowest BCUT2D eigenvalue weighted by molar-refractivity contribution is -0.161. The molecule has 0 amide bonds. The molecule has 0 aromatic heterocycles. The third-order valence-electron chi connectivity index (χ3n) is 17.1. The molecule has 0 aromatic rings. The summed E-state index contributed by atoms with van der Waals surface area (Å²) in [6, 6.07) is 0. The first-order valence-corrected chi connectivity index (χ1v) is 41.2. The van der Waals surface area contributed by atoms with Crippen LogP contribution in [0.5, 0.6) is 0 Å². The Balaban J connectivity index is 5.25. The number of carbonyl (C=O) groups excluding carboxylic acids is 4. The zero-order valence-electron chi connectivity index (χ0n) is 60.9. The molecule has 0 saturated carbocycles. The number of aliphatic hydroxyl groups is 1. The van der Waals surface area contributed by atoms with E-state index in [1.54, 1.807) is 0 Å². The molecule has 94 heavy (non-hydrogen) atoms. The van der Waals surface area contributed by atoms with Gasteiger partial charge in [0.25, 0.3) is 0 Å². The Morgan fingerprint density at radius 3 is 0.947 bits per heavy atom. The number of phosphoric ester groups is 2. The second kappa shape index (κ2) is 65.2. The highest BCUT2D eigenvalue weighted by Gasteiger charge is 2.30. The maximum absolute atomic E-state index is 13.0. The number of hydrogen-bond acceptors (Lipinski definition) is 15. The van der Waals surface area contributed by atoms with Crippen molar-refractivity contribution in [1.82, 2.24) is 0 Å². The molecule has 0 heterocycles. The van der Waals surface area contributed by atoms with E-state index in [0.717, 1.165) is 121 Å². The van der Waals surface area contributed by atoms with Crippen molar-refractivity contribution in [3.05, 3.63) is 24.3 Å². The van der Waals surface area contributed by atoms with Gasteiger partial charge >= 0.3 is 39.5 Å². The molecule has 4 unspecified atom stereocenters. The average molecular weight is 1380 g/mol. The Morgan fingerprint density at radius 2 is 0.628 bits per heavy atom. The minimum atomic E-state index is -4.96. The number of aliphatic hydroxyl groups excluding tert-OH is 1. The number of rotatable bonds is 71. The summed E-state index contributed by atoms with van der Waals surface area (Å²) in [5, 5.41) is 10.6. The Bertz CT molecular complexity index is 1930. The van der Waals surface area contributed by atoms with Crippen molar-refractivity contribution in [2.45, 2.75) is 375 Å². The van der Waals surface area contributed by atoms with Gasteiger partial charge in [-0.05, 0) is 69.1 Å². The predicted octanol–water partition coefficient (Wildman–Crippen LogP) is 21.3. The Labute approximate surface area is 573 Å². The van der Waals surface area contributed by atoms with Crippen LogP contribution in [-0.4, -0.2) is 96.7 Å². The molecule has 6 atom stereocenters. The van der Waals surface area contributed by atoms with Crippen LogP contribution in [0.2, 0.25) is 0 Å². The van der Waals surface area contributed by atoms with Crippen LogP contribution in [0, 0.1) is 17.8 Å². The largest absolute Gasteiger partial charge is 0.472 e. The van der Waals surface area contributed by atoms with Gasteiger partial charge in [-0.25, -0.2) is 9.13 Å². The van der Waals surface area contributed by atoms with Crippen LogP contribution in [0.3, 0.4) is 0 Å². The van der Waals surface area contributed by atoms with E-state index in [-0.39, 0.29) is 25.7 Å². The van der Waals surface area contributed by atoms with E-state index in [1.807, 2.05) is 0 Å². The van der Waals surface area contributed by atoms with Crippen molar-refractivity contribution in [3.8, 4) is 0 Å². The second-order valence-corrected chi connectivity index (χ2v) is 30.5. The zero-order valence-corrected chi connectivity index (χ0v) is 62.7. The van der Waals surface area contributed by atoms with Gasteiger partial charge in [-0.1, -0.05) is 304 Å². The number of allylic oxidation sites excluding steroid dienone is 4. The lowest BCUT2D eigenvalue weighted by Crippen LogP contribution is -2.30. The molecule has 0 bridgehead atoms. The first-order chi connectivity index (χ1) is 45.3. The molecule has 0 radical (unpaired) electrons. The molecule has 3 N–H and O–H groups in total. The lowest BCUT2D eigenvalue weighted by atomic mass is 9.99. The number of hydrogen-bond donors (Lipinski definition) is 3. The van der Waals surface area contributed by atoms with E-state index in [4.69, 9.17) is 37.0 Å². The fourth-order valence-corrected chi connectivity index (χ4v) is 12.4. The van der Waals surface area contributed by atoms with E-state index in [0.29, 0.717) is 37.5 Å². The van der Waals surface area contributed by atoms with Crippen molar-refractivity contribution in [3.63, 3.8) is 0 Å². The van der Waals surface area contributed by atoms with Gasteiger partial charge in [0.2, 0.25) is 0 Å². The third kappa shape index (κ3) is 66.8. The highest BCUT2D eigenvalue weighted by atomic mass is 31.2. The molecule has 0 aliphatic rings. The van der Waals surface area contributed by atoms with Crippen LogP contribution in [0.1, 0.15) is 357 Å². The van der Waals surface area contributed by atoms with Gasteiger partial charge in [-0.3, -0.25) is 37.3 Å². The SMILES string of the molecule is CCCCCC/C=C\C=C/CCCCCCCC(=O)OC[C@H](COP(=O)(O)OCC(O)COP(=O)(O)OC[C@@H](COC(=O)CCCCCCCCCC(C)C)OC(=O)CCCCCCCCCCCCCCCCC(C)CC)OC(=O)CCCCCCCCCCC(C)C. The minimum Gasteiger partial charge on any atom is -0.462 e. The van der Waals surface area contributed by atoms with Gasteiger partial charge in [0.1, 0.15) is 19.3 Å². The van der Waals surface area contributed by atoms with Crippen LogP contribution in [-0.2, 0) is 65.4 Å². The van der Waals surface area contributed by atoms with E-state index < -0.39 is 97.5 Å². The van der Waals surface area contributed by atoms with Gasteiger partial charge in [-0.15, -0.1) is 0 Å². The molecule has 0 aliphatic heterocycles. The number of unbranched alkanes of at least 4 members (excludes halogenated alkanes) is 35. The van der Waals surface area contributed by atoms with Gasteiger partial charge in [0.05, 0.1) is 26.4 Å². The molecule has 0 spiro atoms. The summed E-state index contributed by atoms with van der Waals surface area (Å²) >= 11 is 0. The van der Waals surface area contributed by atoms with Gasteiger partial charge < -0.3 is 33.8 Å². The topological polar surface area (TPSA) is 237 Å². The quantitative estimate of drug-likeness (QED) is 0.0169. The average Bonchev–Trinajstić information content (AvgIpc) is 2.46. The smallest absolute Gasteiger partial charge is 0.462 e. The van der Waals surface area contributed by atoms with Crippen molar-refractivity contribution in [2.75, 3.05) is 39.6 Å². The summed E-state index contributed by atoms with van der Waals surface area (Å²) in [4.78, 5) is 72.7. The fourth-order valence-electron chi connectivity index (χ4n) is 10.9. The fraction of sp³-hybridized carbons (Fsp3) is 0.893. The van der Waals surface area contributed by atoms with Crippen LogP contribution >= 0.6 is 15.6 Å². The maximum atomic E-state index is 13.0. The molecule has 17 nitrogen and oxygen atoms in total. The maximum Gasteiger partial charge on any atom is 0.472 e. The van der Waals surface area contributed by atoms with Crippen LogP contribution in [0.25, 0.3) is 0 Å². The molecular formula is C75H142O17P2. The van der Waals surface area contributed by atoms with Crippen molar-refractivity contribution in [2.24, 2.45) is 17.8 Å². The second-order valence-electron chi connectivity index (χ2n) is 27.5. The van der Waals surface area contributed by atoms with Crippen molar-refractivity contribution < 1.29 is 80.2 Å². The number of phosphoric acid groups is 2. The van der Waals surface area contributed by atoms with Crippen LogP contribution < -0.4 is 0 Å². The number of carbonyl (C=O) groups is 4. The minimum absolute atomic E-state index is 0.0973. The van der Waals surface area contributed by atoms with Gasteiger partial charge in [0, 0.05) is 25.7 Å². The number of ether oxygens (including phenoxy) is 4. The summed E-state index contributed by atoms with van der Waals surface area (Å²) in [5.41, 5.74) is 0. The molecular weight excluding hydrogens is 1230 g/mol. The van der Waals surface area contributed by atoms with Crippen molar-refractivity contribution >= 4 is 39.5 Å². The Morgan fingerprint density at radius 1 is 0.351 bits per heavy atom. The van der Waals surface area contributed by atoms with Crippen molar-refractivity contribution in [1.29, 1.82) is 0 Å². The highest BCUT2D eigenvalue weighted by Crippen LogP contribution is 2.45. The normalized spacial score (nSPS) is 14.6. The standard InChI is InChI=1S/C75H142O17P2/c1-8-10-11-12-13-14-15-16-17-21-24-27-35-42-49-56-72(77)85-62-70(92-75(80)59-52-45-37-30-29-32-39-46-53-66(3)4)64-89-93(81,82)87-60-69(76)61-88-94(83,84)90-65-71(63-86-73(78)57-50-43-38-31-33-40-47-54-67(5)6)91-74(79)58-51-44-36-28-25-22-19-18-20-23-26-34-41-48-55-68(7)9-2/h14-17,66-71,76H,8-13,18-65H2,1-7H3,(H,81,82)(H,83,84)/b15-14-,17-16-/t68?,69?,70-,71-/m1/s1.